The standard InChI is InChI=1S/C12H25BrN2/c1-8(2)14-11(15-9(3)4)10(13)12(5,6)7/h8-10H,1-7H3,(H,14,15). The van der Waals surface area contributed by atoms with Crippen LogP contribution in [0.15, 0.2) is 4.99 Å². The van der Waals surface area contributed by atoms with Crippen molar-refractivity contribution < 1.29 is 0 Å². The molecule has 90 valence electrons. The van der Waals surface area contributed by atoms with Crippen LogP contribution < -0.4 is 5.32 Å². The maximum Gasteiger partial charge on any atom is 0.111 e. The second-order valence-corrected chi connectivity index (χ2v) is 6.55. The predicted octanol–water partition coefficient (Wildman–Crippen LogP) is 3.60. The molecule has 0 heterocycles. The molecule has 0 aliphatic carbocycles. The van der Waals surface area contributed by atoms with E-state index < -0.39 is 0 Å². The Kier molecular flexibility index (Phi) is 5.86. The van der Waals surface area contributed by atoms with E-state index in [1.165, 1.54) is 0 Å². The van der Waals surface area contributed by atoms with Gasteiger partial charge in [0.2, 0.25) is 0 Å². The van der Waals surface area contributed by atoms with Crippen molar-refractivity contribution in [2.45, 2.75) is 65.4 Å². The largest absolute Gasteiger partial charge is 0.371 e. The highest BCUT2D eigenvalue weighted by Crippen LogP contribution is 2.27. The van der Waals surface area contributed by atoms with E-state index in [1.807, 2.05) is 0 Å². The summed E-state index contributed by atoms with van der Waals surface area (Å²) in [5, 5.41) is 3.42. The molecule has 0 aliphatic rings. The molecular weight excluding hydrogens is 252 g/mol. The van der Waals surface area contributed by atoms with Gasteiger partial charge in [-0.2, -0.15) is 0 Å². The lowest BCUT2D eigenvalue weighted by molar-refractivity contribution is 0.441. The zero-order valence-corrected chi connectivity index (χ0v) is 12.6. The quantitative estimate of drug-likeness (QED) is 0.476. The molecule has 0 rings (SSSR count). The highest BCUT2D eigenvalue weighted by molar-refractivity contribution is 9.10. The Labute approximate surface area is 103 Å². The summed E-state index contributed by atoms with van der Waals surface area (Å²) in [4.78, 5) is 4.92. The molecule has 0 fully saturated rings. The topological polar surface area (TPSA) is 24.4 Å². The maximum atomic E-state index is 4.64. The third-order valence-electron chi connectivity index (χ3n) is 1.83. The van der Waals surface area contributed by atoms with Crippen molar-refractivity contribution in [2.75, 3.05) is 0 Å². The smallest absolute Gasteiger partial charge is 0.111 e. The highest BCUT2D eigenvalue weighted by Gasteiger charge is 2.27. The first kappa shape index (κ1) is 14.9. The Morgan fingerprint density at radius 2 is 1.60 bits per heavy atom. The number of hydrogen-bond donors (Lipinski definition) is 1. The summed E-state index contributed by atoms with van der Waals surface area (Å²) in [6, 6.07) is 0.749. The zero-order valence-electron chi connectivity index (χ0n) is 11.1. The molecule has 0 bridgehead atoms. The normalized spacial score (nSPS) is 16.0. The van der Waals surface area contributed by atoms with Gasteiger partial charge in [-0.3, -0.25) is 4.99 Å². The number of alkyl halides is 1. The van der Waals surface area contributed by atoms with Gasteiger partial charge in [-0.1, -0.05) is 36.7 Å². The van der Waals surface area contributed by atoms with E-state index in [-0.39, 0.29) is 10.2 Å². The second kappa shape index (κ2) is 5.88. The number of amidine groups is 1. The number of rotatable bonds is 3. The van der Waals surface area contributed by atoms with Crippen LogP contribution in [-0.2, 0) is 0 Å². The van der Waals surface area contributed by atoms with Crippen LogP contribution in [-0.4, -0.2) is 22.7 Å². The Bertz CT molecular complexity index is 214. The molecule has 0 aromatic heterocycles. The van der Waals surface area contributed by atoms with Crippen LogP contribution >= 0.6 is 15.9 Å². The predicted molar refractivity (Wildman–Crippen MR) is 73.0 cm³/mol. The summed E-state index contributed by atoms with van der Waals surface area (Å²) < 4.78 is 0. The first-order valence-electron chi connectivity index (χ1n) is 5.63. The lowest BCUT2D eigenvalue weighted by atomic mass is 9.91. The molecule has 15 heavy (non-hydrogen) atoms. The van der Waals surface area contributed by atoms with Gasteiger partial charge in [-0.25, -0.2) is 0 Å². The first-order chi connectivity index (χ1) is 6.64. The molecule has 3 heteroatoms. The van der Waals surface area contributed by atoms with Gasteiger partial charge in [0.15, 0.2) is 0 Å². The molecule has 0 spiro atoms. The van der Waals surface area contributed by atoms with Gasteiger partial charge in [0.05, 0.1) is 4.83 Å². The molecule has 0 aromatic rings. The van der Waals surface area contributed by atoms with Crippen LogP contribution in [0.4, 0.5) is 0 Å². The molecule has 0 aromatic carbocycles. The minimum atomic E-state index is 0.176. The van der Waals surface area contributed by atoms with E-state index in [0.717, 1.165) is 5.84 Å². The minimum absolute atomic E-state index is 0.176. The molecule has 1 N–H and O–H groups in total. The molecule has 0 saturated heterocycles. The number of halogens is 1. The van der Waals surface area contributed by atoms with Gasteiger partial charge in [0, 0.05) is 12.1 Å². The average molecular weight is 277 g/mol. The van der Waals surface area contributed by atoms with E-state index in [9.17, 15) is 0 Å². The molecule has 0 aliphatic heterocycles. The van der Waals surface area contributed by atoms with Crippen LogP contribution in [0.25, 0.3) is 0 Å². The monoisotopic (exact) mass is 276 g/mol. The molecule has 1 atom stereocenters. The Balaban J connectivity index is 4.79. The van der Waals surface area contributed by atoms with Gasteiger partial charge in [0.25, 0.3) is 0 Å². The van der Waals surface area contributed by atoms with Gasteiger partial charge >= 0.3 is 0 Å². The van der Waals surface area contributed by atoms with Crippen LogP contribution in [0, 0.1) is 5.41 Å². The first-order valence-corrected chi connectivity index (χ1v) is 6.54. The van der Waals surface area contributed by atoms with Crippen molar-refractivity contribution in [1.29, 1.82) is 0 Å². The fourth-order valence-corrected chi connectivity index (χ4v) is 1.41. The number of aliphatic imine (C=N–C) groups is 1. The SMILES string of the molecule is CC(C)N=C(NC(C)C)C(Br)C(C)(C)C. The summed E-state index contributed by atoms with van der Waals surface area (Å²) in [5.74, 6) is 1.06. The fraction of sp³-hybridized carbons (Fsp3) is 0.917. The number of nitrogens with zero attached hydrogens (tertiary/aromatic N) is 1. The number of nitrogens with one attached hydrogen (secondary N) is 1. The lowest BCUT2D eigenvalue weighted by Gasteiger charge is -2.29. The third-order valence-corrected chi connectivity index (χ3v) is 3.64. The van der Waals surface area contributed by atoms with Gasteiger partial charge in [-0.05, 0) is 33.1 Å². The van der Waals surface area contributed by atoms with Crippen molar-refractivity contribution in [3.8, 4) is 0 Å². The van der Waals surface area contributed by atoms with Gasteiger partial charge in [0.1, 0.15) is 5.84 Å². The molecule has 0 amide bonds. The van der Waals surface area contributed by atoms with Crippen LogP contribution in [0.1, 0.15) is 48.5 Å². The average Bonchev–Trinajstić information content (AvgIpc) is 1.98. The Morgan fingerprint density at radius 1 is 1.13 bits per heavy atom. The van der Waals surface area contributed by atoms with Crippen LogP contribution in [0.3, 0.4) is 0 Å². The second-order valence-electron chi connectivity index (χ2n) is 5.64. The summed E-state index contributed by atoms with van der Waals surface area (Å²) in [7, 11) is 0. The summed E-state index contributed by atoms with van der Waals surface area (Å²) >= 11 is 3.73. The van der Waals surface area contributed by atoms with E-state index >= 15 is 0 Å². The molecule has 1 unspecified atom stereocenters. The van der Waals surface area contributed by atoms with Crippen molar-refractivity contribution in [3.05, 3.63) is 0 Å². The molecular formula is C12H25BrN2. The number of hydrogen-bond acceptors (Lipinski definition) is 1. The molecule has 0 radical (unpaired) electrons. The van der Waals surface area contributed by atoms with Crippen molar-refractivity contribution >= 4 is 21.8 Å². The minimum Gasteiger partial charge on any atom is -0.371 e. The van der Waals surface area contributed by atoms with Gasteiger partial charge < -0.3 is 5.32 Å². The van der Waals surface area contributed by atoms with Crippen molar-refractivity contribution in [3.63, 3.8) is 0 Å². The van der Waals surface area contributed by atoms with Crippen molar-refractivity contribution in [2.24, 2.45) is 10.4 Å². The highest BCUT2D eigenvalue weighted by atomic mass is 79.9. The molecule has 0 saturated carbocycles. The lowest BCUT2D eigenvalue weighted by Crippen LogP contribution is -2.42. The summed E-state index contributed by atoms with van der Waals surface area (Å²) in [6.07, 6.45) is 0. The van der Waals surface area contributed by atoms with E-state index in [2.05, 4.69) is 74.7 Å². The van der Waals surface area contributed by atoms with E-state index in [0.29, 0.717) is 12.1 Å². The fourth-order valence-electron chi connectivity index (χ4n) is 1.16. The maximum absolute atomic E-state index is 4.64. The van der Waals surface area contributed by atoms with E-state index in [4.69, 9.17) is 0 Å². The van der Waals surface area contributed by atoms with Crippen LogP contribution in [0.5, 0.6) is 0 Å². The van der Waals surface area contributed by atoms with Crippen LogP contribution in [0.2, 0.25) is 0 Å². The van der Waals surface area contributed by atoms with E-state index in [1.54, 1.807) is 0 Å². The van der Waals surface area contributed by atoms with Crippen molar-refractivity contribution in [1.82, 2.24) is 5.32 Å². The Hall–Kier alpha value is -0.0500. The summed E-state index contributed by atoms with van der Waals surface area (Å²) in [6.45, 7) is 15.1. The van der Waals surface area contributed by atoms with Gasteiger partial charge in [-0.15, -0.1) is 0 Å². The third kappa shape index (κ3) is 6.18. The Morgan fingerprint density at radius 3 is 1.87 bits per heavy atom. The molecule has 2 nitrogen and oxygen atoms in total. The summed E-state index contributed by atoms with van der Waals surface area (Å²) in [5.41, 5.74) is 0.176. The zero-order chi connectivity index (χ0) is 12.2.